The summed E-state index contributed by atoms with van der Waals surface area (Å²) in [5.74, 6) is 0. The third-order valence-corrected chi connectivity index (χ3v) is 3.43. The summed E-state index contributed by atoms with van der Waals surface area (Å²) in [5, 5.41) is 27.4. The maximum absolute atomic E-state index is 12.3. The highest BCUT2D eigenvalue weighted by atomic mass is 16.5. The predicted molar refractivity (Wildman–Crippen MR) is 67.8 cm³/mol. The molecule has 100 valence electrons. The topological polar surface area (TPSA) is 75.1 Å². The van der Waals surface area contributed by atoms with E-state index in [2.05, 4.69) is 5.32 Å². The van der Waals surface area contributed by atoms with E-state index in [1.165, 1.54) is 6.20 Å². The summed E-state index contributed by atoms with van der Waals surface area (Å²) in [6.07, 6.45) is 1.68. The quantitative estimate of drug-likeness (QED) is 0.631. The summed E-state index contributed by atoms with van der Waals surface area (Å²) in [5.41, 5.74) is 0.997. The van der Waals surface area contributed by atoms with Crippen molar-refractivity contribution in [1.82, 2.24) is 5.32 Å². The van der Waals surface area contributed by atoms with E-state index in [0.29, 0.717) is 28.1 Å². The lowest BCUT2D eigenvalue weighted by atomic mass is 10.2. The number of para-hydroxylation sites is 2. The first-order valence-electron chi connectivity index (χ1n) is 6.32. The molecule has 2 atom stereocenters. The number of aromatic nitrogens is 2. The highest BCUT2D eigenvalue weighted by Gasteiger charge is 2.33. The second kappa shape index (κ2) is 4.64. The molecule has 1 aliphatic heterocycles. The second-order valence-corrected chi connectivity index (χ2v) is 4.65. The average molecular weight is 261 g/mol. The van der Waals surface area contributed by atoms with Gasteiger partial charge in [-0.3, -0.25) is 5.32 Å². The highest BCUT2D eigenvalue weighted by molar-refractivity contribution is 5.67. The average Bonchev–Trinajstić information content (AvgIpc) is 2.91. The lowest BCUT2D eigenvalue weighted by Gasteiger charge is -2.12. The first-order valence-corrected chi connectivity index (χ1v) is 6.32. The summed E-state index contributed by atoms with van der Waals surface area (Å²) < 4.78 is 7.02. The van der Waals surface area contributed by atoms with Crippen molar-refractivity contribution in [1.29, 1.82) is 0 Å². The zero-order valence-electron chi connectivity index (χ0n) is 10.6. The van der Waals surface area contributed by atoms with Gasteiger partial charge in [-0.05, 0) is 6.42 Å². The van der Waals surface area contributed by atoms with Crippen molar-refractivity contribution in [3.63, 3.8) is 0 Å². The van der Waals surface area contributed by atoms with Crippen LogP contribution in [0.3, 0.4) is 0 Å². The summed E-state index contributed by atoms with van der Waals surface area (Å²) in [4.78, 5) is 0. The number of fused-ring (bicyclic) bond motifs is 1. The van der Waals surface area contributed by atoms with Gasteiger partial charge in [-0.1, -0.05) is 19.1 Å². The Kier molecular flexibility index (Phi) is 2.96. The summed E-state index contributed by atoms with van der Waals surface area (Å²) in [6.45, 7) is 2.59. The van der Waals surface area contributed by atoms with Crippen molar-refractivity contribution >= 4 is 11.0 Å². The van der Waals surface area contributed by atoms with Gasteiger partial charge in [0.05, 0.1) is 6.61 Å². The molecule has 1 fully saturated rings. The van der Waals surface area contributed by atoms with Gasteiger partial charge < -0.3 is 15.2 Å². The Balaban J connectivity index is 2.07. The largest absolute Gasteiger partial charge is 0.618 e. The fraction of sp³-hybridized carbons (Fsp3) is 0.385. The van der Waals surface area contributed by atoms with Gasteiger partial charge in [-0.15, -0.1) is 0 Å². The molecule has 3 rings (SSSR count). The molecule has 1 saturated heterocycles. The second-order valence-electron chi connectivity index (χ2n) is 4.65. The first kappa shape index (κ1) is 12.1. The lowest BCUT2D eigenvalue weighted by Crippen LogP contribution is -2.44. The minimum atomic E-state index is -0.521. The third kappa shape index (κ3) is 1.98. The van der Waals surface area contributed by atoms with Gasteiger partial charge in [0, 0.05) is 18.2 Å². The molecule has 2 aromatic rings. The Morgan fingerprint density at radius 3 is 2.74 bits per heavy atom. The highest BCUT2D eigenvalue weighted by Crippen LogP contribution is 2.19. The van der Waals surface area contributed by atoms with Crippen LogP contribution >= 0.6 is 0 Å². The van der Waals surface area contributed by atoms with E-state index < -0.39 is 6.23 Å². The van der Waals surface area contributed by atoms with Gasteiger partial charge in [0.2, 0.25) is 6.23 Å². The van der Waals surface area contributed by atoms with Crippen LogP contribution in [0, 0.1) is 10.4 Å². The van der Waals surface area contributed by atoms with Crippen LogP contribution in [0.2, 0.25) is 0 Å². The molecule has 1 aromatic heterocycles. The standard InChI is InChI=1S/C13H15N3O3/c1-2-9-8-19-13(14-9)12-7-15(17)10-5-3-4-6-11(10)16(12)18/h3-7,9,13-14H,2,8H2,1H3. The normalized spacial score (nSPS) is 23.0. The Bertz CT molecular complexity index is 617. The Morgan fingerprint density at radius 1 is 1.32 bits per heavy atom. The van der Waals surface area contributed by atoms with Crippen LogP contribution in [-0.2, 0) is 4.74 Å². The van der Waals surface area contributed by atoms with Gasteiger partial charge in [-0.25, -0.2) is 0 Å². The van der Waals surface area contributed by atoms with E-state index in [-0.39, 0.29) is 6.04 Å². The van der Waals surface area contributed by atoms with E-state index in [9.17, 15) is 10.4 Å². The molecule has 0 radical (unpaired) electrons. The van der Waals surface area contributed by atoms with Crippen molar-refractivity contribution in [2.24, 2.45) is 0 Å². The number of benzene rings is 1. The third-order valence-electron chi connectivity index (χ3n) is 3.43. The summed E-state index contributed by atoms with van der Waals surface area (Å²) in [6, 6.07) is 6.94. The fourth-order valence-electron chi connectivity index (χ4n) is 2.31. The molecule has 0 bridgehead atoms. The van der Waals surface area contributed by atoms with Crippen molar-refractivity contribution in [3.8, 4) is 0 Å². The first-order chi connectivity index (χ1) is 9.20. The minimum absolute atomic E-state index is 0.219. The van der Waals surface area contributed by atoms with Gasteiger partial charge in [0.15, 0.2) is 0 Å². The molecule has 1 N–H and O–H groups in total. The van der Waals surface area contributed by atoms with Crippen LogP contribution in [0.4, 0.5) is 0 Å². The Morgan fingerprint density at radius 2 is 2.05 bits per heavy atom. The van der Waals surface area contributed by atoms with Crippen LogP contribution in [-0.4, -0.2) is 12.6 Å². The van der Waals surface area contributed by atoms with E-state index in [4.69, 9.17) is 4.74 Å². The molecule has 6 heteroatoms. The smallest absolute Gasteiger partial charge is 0.302 e. The van der Waals surface area contributed by atoms with Crippen LogP contribution in [0.5, 0.6) is 0 Å². The van der Waals surface area contributed by atoms with E-state index in [1.807, 2.05) is 6.92 Å². The number of hydrogen-bond donors (Lipinski definition) is 1. The van der Waals surface area contributed by atoms with Gasteiger partial charge >= 0.3 is 5.69 Å². The summed E-state index contributed by atoms with van der Waals surface area (Å²) >= 11 is 0. The van der Waals surface area contributed by atoms with Crippen molar-refractivity contribution in [2.45, 2.75) is 25.6 Å². The van der Waals surface area contributed by atoms with E-state index in [1.54, 1.807) is 24.3 Å². The van der Waals surface area contributed by atoms with Crippen molar-refractivity contribution in [2.75, 3.05) is 6.61 Å². The van der Waals surface area contributed by atoms with Crippen molar-refractivity contribution < 1.29 is 14.2 Å². The van der Waals surface area contributed by atoms with Crippen LogP contribution < -0.4 is 14.8 Å². The number of rotatable bonds is 2. The molecule has 0 amide bonds. The zero-order chi connectivity index (χ0) is 13.4. The maximum Gasteiger partial charge on any atom is 0.302 e. The molecule has 2 heterocycles. The number of nitrogens with one attached hydrogen (secondary N) is 1. The van der Waals surface area contributed by atoms with E-state index in [0.717, 1.165) is 11.2 Å². The molecule has 1 aliphatic rings. The fourth-order valence-corrected chi connectivity index (χ4v) is 2.31. The van der Waals surface area contributed by atoms with Crippen LogP contribution in [0.25, 0.3) is 11.0 Å². The van der Waals surface area contributed by atoms with E-state index >= 15 is 0 Å². The van der Waals surface area contributed by atoms with Crippen LogP contribution in [0.1, 0.15) is 25.3 Å². The molecule has 19 heavy (non-hydrogen) atoms. The molecule has 0 saturated carbocycles. The molecular formula is C13H15N3O3. The SMILES string of the molecule is CCC1COC(c2c[n+]([O-])c3ccccc3[n+]2[O-])N1. The number of nitrogens with zero attached hydrogens (tertiary/aromatic N) is 2. The summed E-state index contributed by atoms with van der Waals surface area (Å²) in [7, 11) is 0. The maximum atomic E-state index is 12.3. The molecule has 0 spiro atoms. The number of ether oxygens (including phenoxy) is 1. The molecule has 0 aliphatic carbocycles. The molecular weight excluding hydrogens is 246 g/mol. The Labute approximate surface area is 110 Å². The van der Waals surface area contributed by atoms with Crippen LogP contribution in [0.15, 0.2) is 30.5 Å². The lowest BCUT2D eigenvalue weighted by molar-refractivity contribution is -0.638. The molecule has 2 unspecified atom stereocenters. The predicted octanol–water partition coefficient (Wildman–Crippen LogP) is 0.504. The monoisotopic (exact) mass is 261 g/mol. The molecule has 6 nitrogen and oxygen atoms in total. The molecule has 1 aromatic carbocycles. The zero-order valence-corrected chi connectivity index (χ0v) is 10.6. The van der Waals surface area contributed by atoms with Gasteiger partial charge in [0.1, 0.15) is 0 Å². The van der Waals surface area contributed by atoms with Gasteiger partial charge in [-0.2, -0.15) is 9.46 Å². The van der Waals surface area contributed by atoms with Crippen molar-refractivity contribution in [3.05, 3.63) is 46.6 Å². The minimum Gasteiger partial charge on any atom is -0.618 e. The Hall–Kier alpha value is -1.92. The number of hydrogen-bond acceptors (Lipinski definition) is 4. The van der Waals surface area contributed by atoms with Gasteiger partial charge in [0.25, 0.3) is 17.2 Å².